The maximum absolute atomic E-state index is 13.9. The number of nitrogens with one attached hydrogen (secondary N) is 2. The van der Waals surface area contributed by atoms with Gasteiger partial charge in [-0.2, -0.15) is 11.8 Å². The summed E-state index contributed by atoms with van der Waals surface area (Å²) in [5.74, 6) is -0.0588. The molecule has 8 nitrogen and oxygen atoms in total. The van der Waals surface area contributed by atoms with Crippen molar-refractivity contribution in [3.63, 3.8) is 0 Å². The van der Waals surface area contributed by atoms with Crippen molar-refractivity contribution in [1.82, 2.24) is 10.2 Å². The first-order chi connectivity index (χ1) is 17.4. The molecule has 0 aliphatic rings. The van der Waals surface area contributed by atoms with Gasteiger partial charge < -0.3 is 25.4 Å². The average Bonchev–Trinajstić information content (AvgIpc) is 2.81. The van der Waals surface area contributed by atoms with Crippen molar-refractivity contribution < 1.29 is 24.2 Å². The first-order valence-corrected chi connectivity index (χ1v) is 13.7. The van der Waals surface area contributed by atoms with Crippen LogP contribution < -0.4 is 10.6 Å². The third kappa shape index (κ3) is 8.70. The van der Waals surface area contributed by atoms with Crippen LogP contribution >= 0.6 is 11.8 Å². The van der Waals surface area contributed by atoms with Crippen LogP contribution in [0.15, 0.2) is 42.5 Å². The zero-order chi connectivity index (χ0) is 27.8. The molecule has 0 radical (unpaired) electrons. The standard InChI is InChI=1S/C28H39N3O5S/c1-8-31(26(34)22(15-16-37-7)30-27(35)36-28(4,5)6)24(20-13-14-23(32)19(3)17-20)25(33)29-21-12-10-9-11-18(21)2/h9-14,17,22,24,32H,8,15-16H2,1-7H3,(H,29,33)(H,30,35). The highest BCUT2D eigenvalue weighted by Gasteiger charge is 2.35. The normalized spacial score (nSPS) is 12.8. The van der Waals surface area contributed by atoms with Crippen LogP contribution in [0.2, 0.25) is 0 Å². The molecule has 0 aliphatic carbocycles. The van der Waals surface area contributed by atoms with Crippen LogP contribution in [0.5, 0.6) is 5.75 Å². The number of rotatable bonds is 10. The third-order valence-electron chi connectivity index (χ3n) is 5.72. The summed E-state index contributed by atoms with van der Waals surface area (Å²) in [6.45, 7) is 10.9. The number of carbonyl (C=O) groups is 3. The number of aryl methyl sites for hydroxylation is 2. The van der Waals surface area contributed by atoms with Crippen LogP contribution in [-0.4, -0.2) is 58.1 Å². The lowest BCUT2D eigenvalue weighted by molar-refractivity contribution is -0.140. The summed E-state index contributed by atoms with van der Waals surface area (Å²) in [6, 6.07) is 10.4. The quantitative estimate of drug-likeness (QED) is 0.391. The number of thioether (sulfide) groups is 1. The van der Waals surface area contributed by atoms with E-state index in [4.69, 9.17) is 4.74 Å². The van der Waals surface area contributed by atoms with Gasteiger partial charge in [0.1, 0.15) is 23.4 Å². The summed E-state index contributed by atoms with van der Waals surface area (Å²) in [6.07, 6.45) is 1.60. The van der Waals surface area contributed by atoms with E-state index in [1.165, 1.54) is 11.0 Å². The second-order valence-electron chi connectivity index (χ2n) is 9.86. The molecule has 202 valence electrons. The highest BCUT2D eigenvalue weighted by molar-refractivity contribution is 7.98. The smallest absolute Gasteiger partial charge is 0.408 e. The summed E-state index contributed by atoms with van der Waals surface area (Å²) < 4.78 is 5.39. The lowest BCUT2D eigenvalue weighted by Gasteiger charge is -2.34. The molecule has 9 heteroatoms. The molecule has 2 unspecified atom stereocenters. The number of hydrogen-bond acceptors (Lipinski definition) is 6. The molecule has 2 aromatic rings. The topological polar surface area (TPSA) is 108 Å². The molecule has 0 fully saturated rings. The molecule has 0 heterocycles. The zero-order valence-corrected chi connectivity index (χ0v) is 23.6. The van der Waals surface area contributed by atoms with Crippen LogP contribution in [0.3, 0.4) is 0 Å². The molecule has 37 heavy (non-hydrogen) atoms. The van der Waals surface area contributed by atoms with Gasteiger partial charge in [0, 0.05) is 12.2 Å². The second-order valence-corrected chi connectivity index (χ2v) is 10.8. The fourth-order valence-corrected chi connectivity index (χ4v) is 4.32. The number of benzene rings is 2. The number of para-hydroxylation sites is 1. The van der Waals surface area contributed by atoms with Crippen molar-refractivity contribution in [2.75, 3.05) is 23.9 Å². The summed E-state index contributed by atoms with van der Waals surface area (Å²) in [7, 11) is 0. The first-order valence-electron chi connectivity index (χ1n) is 12.3. The van der Waals surface area contributed by atoms with E-state index in [9.17, 15) is 19.5 Å². The number of phenols is 1. The minimum atomic E-state index is -0.992. The Bertz CT molecular complexity index is 1100. The number of likely N-dealkylation sites (N-methyl/N-ethyl adjacent to an activating group) is 1. The van der Waals surface area contributed by atoms with E-state index in [2.05, 4.69) is 10.6 Å². The van der Waals surface area contributed by atoms with Crippen LogP contribution in [0.25, 0.3) is 0 Å². The minimum absolute atomic E-state index is 0.0978. The Kier molecular flexibility index (Phi) is 10.9. The summed E-state index contributed by atoms with van der Waals surface area (Å²) in [5, 5.41) is 15.7. The Morgan fingerprint density at radius 3 is 2.32 bits per heavy atom. The molecule has 0 aromatic heterocycles. The van der Waals surface area contributed by atoms with Gasteiger partial charge in [-0.05, 0) is 94.9 Å². The van der Waals surface area contributed by atoms with Crippen molar-refractivity contribution in [2.45, 2.75) is 65.6 Å². The van der Waals surface area contributed by atoms with Gasteiger partial charge in [-0.1, -0.05) is 24.3 Å². The fraction of sp³-hybridized carbons (Fsp3) is 0.464. The molecule has 2 rings (SSSR count). The summed E-state index contributed by atoms with van der Waals surface area (Å²) in [5.41, 5.74) is 1.94. The monoisotopic (exact) mass is 529 g/mol. The molecule has 0 bridgehead atoms. The number of carbonyl (C=O) groups excluding carboxylic acids is 3. The molecule has 3 N–H and O–H groups in total. The van der Waals surface area contributed by atoms with Crippen molar-refractivity contribution >= 4 is 35.4 Å². The molecule has 0 aliphatic heterocycles. The Morgan fingerprint density at radius 1 is 1.08 bits per heavy atom. The molecule has 2 atom stereocenters. The maximum atomic E-state index is 13.9. The molecular weight excluding hydrogens is 490 g/mol. The van der Waals surface area contributed by atoms with Gasteiger partial charge in [0.05, 0.1) is 0 Å². The number of hydrogen-bond donors (Lipinski definition) is 3. The molecular formula is C28H39N3O5S. The first kappa shape index (κ1) is 30.0. The van der Waals surface area contributed by atoms with Gasteiger partial charge in [-0.3, -0.25) is 9.59 Å². The number of amides is 3. The van der Waals surface area contributed by atoms with Crippen LogP contribution in [-0.2, 0) is 14.3 Å². The van der Waals surface area contributed by atoms with E-state index in [0.717, 1.165) is 5.56 Å². The van der Waals surface area contributed by atoms with Crippen molar-refractivity contribution in [3.8, 4) is 5.75 Å². The van der Waals surface area contributed by atoms with Crippen molar-refractivity contribution in [1.29, 1.82) is 0 Å². The van der Waals surface area contributed by atoms with Crippen molar-refractivity contribution in [2.24, 2.45) is 0 Å². The van der Waals surface area contributed by atoms with E-state index in [1.54, 1.807) is 64.6 Å². The van der Waals surface area contributed by atoms with E-state index >= 15 is 0 Å². The predicted molar refractivity (Wildman–Crippen MR) is 149 cm³/mol. The number of nitrogens with zero attached hydrogens (tertiary/aromatic N) is 1. The Morgan fingerprint density at radius 2 is 1.76 bits per heavy atom. The highest BCUT2D eigenvalue weighted by Crippen LogP contribution is 2.29. The lowest BCUT2D eigenvalue weighted by atomic mass is 9.99. The van der Waals surface area contributed by atoms with E-state index < -0.39 is 35.6 Å². The van der Waals surface area contributed by atoms with Crippen LogP contribution in [0, 0.1) is 13.8 Å². The third-order valence-corrected chi connectivity index (χ3v) is 6.37. The molecule has 0 saturated carbocycles. The van der Waals surface area contributed by atoms with Gasteiger partial charge in [-0.25, -0.2) is 4.79 Å². The SMILES string of the molecule is CCN(C(=O)C(CCSC)NC(=O)OC(C)(C)C)C(C(=O)Nc1ccccc1C)c1ccc(O)c(C)c1. The van der Waals surface area contributed by atoms with Crippen LogP contribution in [0.4, 0.5) is 10.5 Å². The van der Waals surface area contributed by atoms with E-state index in [1.807, 2.05) is 31.4 Å². The molecule has 2 aromatic carbocycles. The average molecular weight is 530 g/mol. The number of anilines is 1. The Balaban J connectivity index is 2.47. The number of alkyl carbamates (subject to hydrolysis) is 1. The summed E-state index contributed by atoms with van der Waals surface area (Å²) >= 11 is 1.56. The Labute approximate surface area is 224 Å². The minimum Gasteiger partial charge on any atom is -0.508 e. The number of phenolic OH excluding ortho intramolecular Hbond substituents is 1. The fourth-order valence-electron chi connectivity index (χ4n) is 3.84. The second kappa shape index (κ2) is 13.4. The molecule has 0 spiro atoms. The maximum Gasteiger partial charge on any atom is 0.408 e. The summed E-state index contributed by atoms with van der Waals surface area (Å²) in [4.78, 5) is 41.6. The Hall–Kier alpha value is -3.20. The molecule has 3 amide bonds. The number of ether oxygens (including phenoxy) is 1. The largest absolute Gasteiger partial charge is 0.508 e. The van der Waals surface area contributed by atoms with Crippen molar-refractivity contribution in [3.05, 3.63) is 59.2 Å². The van der Waals surface area contributed by atoms with Gasteiger partial charge >= 0.3 is 6.09 Å². The predicted octanol–water partition coefficient (Wildman–Crippen LogP) is 5.18. The number of aromatic hydroxyl groups is 1. The zero-order valence-electron chi connectivity index (χ0n) is 22.8. The van der Waals surface area contributed by atoms with Gasteiger partial charge in [-0.15, -0.1) is 0 Å². The van der Waals surface area contributed by atoms with Crippen LogP contribution in [0.1, 0.15) is 56.8 Å². The van der Waals surface area contributed by atoms with Gasteiger partial charge in [0.25, 0.3) is 5.91 Å². The van der Waals surface area contributed by atoms with Gasteiger partial charge in [0.2, 0.25) is 5.91 Å². The molecule has 0 saturated heterocycles. The van der Waals surface area contributed by atoms with E-state index in [0.29, 0.717) is 29.0 Å². The lowest BCUT2D eigenvalue weighted by Crippen LogP contribution is -2.52. The highest BCUT2D eigenvalue weighted by atomic mass is 32.2. The van der Waals surface area contributed by atoms with E-state index in [-0.39, 0.29) is 12.3 Å². The van der Waals surface area contributed by atoms with Gasteiger partial charge in [0.15, 0.2) is 0 Å².